The fourth-order valence-electron chi connectivity index (χ4n) is 1.86. The third kappa shape index (κ3) is 3.71. The van der Waals surface area contributed by atoms with E-state index in [-0.39, 0.29) is 18.7 Å². The highest BCUT2D eigenvalue weighted by Crippen LogP contribution is 2.14. The second kappa shape index (κ2) is 6.38. The molecule has 1 aliphatic heterocycles. The van der Waals surface area contributed by atoms with Gasteiger partial charge in [0.15, 0.2) is 0 Å². The van der Waals surface area contributed by atoms with Crippen LogP contribution >= 0.6 is 11.6 Å². The molecule has 1 aromatic carbocycles. The molecule has 4 amide bonds. The first-order chi connectivity index (χ1) is 9.56. The minimum absolute atomic E-state index is 0.156. The molecule has 0 spiro atoms. The highest BCUT2D eigenvalue weighted by Gasteiger charge is 2.29. The highest BCUT2D eigenvalue weighted by molar-refractivity contribution is 6.31. The summed E-state index contributed by atoms with van der Waals surface area (Å²) < 4.78 is 0. The second-order valence-corrected chi connectivity index (χ2v) is 4.83. The number of urea groups is 1. The number of halogens is 1. The maximum absolute atomic E-state index is 11.7. The van der Waals surface area contributed by atoms with Crippen LogP contribution in [0.3, 0.4) is 0 Å². The summed E-state index contributed by atoms with van der Waals surface area (Å²) in [5.74, 6) is -0.590. The van der Waals surface area contributed by atoms with E-state index in [1.165, 1.54) is 0 Å². The molecule has 1 fully saturated rings. The second-order valence-electron chi connectivity index (χ2n) is 4.42. The van der Waals surface area contributed by atoms with Crippen LogP contribution in [0, 0.1) is 0 Å². The number of nitrogens with one attached hydrogen (secondary N) is 3. The van der Waals surface area contributed by atoms with E-state index >= 15 is 0 Å². The Morgan fingerprint density at radius 2 is 2.05 bits per heavy atom. The van der Waals surface area contributed by atoms with E-state index in [1.54, 1.807) is 6.07 Å². The van der Waals surface area contributed by atoms with Crippen LogP contribution < -0.4 is 16.0 Å². The molecule has 1 atom stereocenters. The molecular formula is C13H14ClN3O3. The molecule has 1 aliphatic rings. The molecule has 6 nitrogen and oxygen atoms in total. The van der Waals surface area contributed by atoms with Gasteiger partial charge >= 0.3 is 6.03 Å². The van der Waals surface area contributed by atoms with Gasteiger partial charge < -0.3 is 10.6 Å². The molecule has 0 bridgehead atoms. The fraction of sp³-hybridized carbons (Fsp3) is 0.308. The molecule has 1 saturated heterocycles. The molecular weight excluding hydrogens is 282 g/mol. The summed E-state index contributed by atoms with van der Waals surface area (Å²) in [6.45, 7) is 0.335. The van der Waals surface area contributed by atoms with Crippen molar-refractivity contribution in [3.8, 4) is 0 Å². The normalized spacial score (nSPS) is 17.6. The summed E-state index contributed by atoms with van der Waals surface area (Å²) in [5.41, 5.74) is 0.828. The minimum Gasteiger partial charge on any atom is -0.352 e. The highest BCUT2D eigenvalue weighted by atomic mass is 35.5. The van der Waals surface area contributed by atoms with Gasteiger partial charge in [0.1, 0.15) is 6.04 Å². The summed E-state index contributed by atoms with van der Waals surface area (Å²) in [7, 11) is 0. The maximum Gasteiger partial charge on any atom is 0.322 e. The van der Waals surface area contributed by atoms with E-state index in [1.807, 2.05) is 18.2 Å². The van der Waals surface area contributed by atoms with Gasteiger partial charge in [-0.1, -0.05) is 29.8 Å². The van der Waals surface area contributed by atoms with Crippen molar-refractivity contribution in [3.63, 3.8) is 0 Å². The van der Waals surface area contributed by atoms with Crippen LogP contribution in [0.2, 0.25) is 5.02 Å². The van der Waals surface area contributed by atoms with Crippen molar-refractivity contribution in [2.75, 3.05) is 0 Å². The average molecular weight is 296 g/mol. The zero-order valence-electron chi connectivity index (χ0n) is 10.6. The SMILES string of the molecule is O=C(CC[C@@H]1NC(=O)NC1=O)NCc1ccccc1Cl. The van der Waals surface area contributed by atoms with Gasteiger partial charge in [-0.25, -0.2) is 4.79 Å². The third-order valence-corrected chi connectivity index (χ3v) is 3.32. The number of carbonyl (C=O) groups excluding carboxylic acids is 3. The molecule has 1 aromatic rings. The predicted octanol–water partition coefficient (Wildman–Crippen LogP) is 0.944. The predicted molar refractivity (Wildman–Crippen MR) is 73.0 cm³/mol. The van der Waals surface area contributed by atoms with Crippen LogP contribution in [0.1, 0.15) is 18.4 Å². The van der Waals surface area contributed by atoms with Gasteiger partial charge in [-0.15, -0.1) is 0 Å². The lowest BCUT2D eigenvalue weighted by Crippen LogP contribution is -2.31. The van der Waals surface area contributed by atoms with Crippen molar-refractivity contribution in [3.05, 3.63) is 34.9 Å². The first kappa shape index (κ1) is 14.3. The average Bonchev–Trinajstić information content (AvgIpc) is 2.74. The van der Waals surface area contributed by atoms with Gasteiger partial charge in [-0.05, 0) is 18.1 Å². The lowest BCUT2D eigenvalue weighted by Gasteiger charge is -2.09. The minimum atomic E-state index is -0.631. The zero-order chi connectivity index (χ0) is 14.5. The summed E-state index contributed by atoms with van der Waals surface area (Å²) in [5, 5.41) is 7.87. The van der Waals surface area contributed by atoms with E-state index in [9.17, 15) is 14.4 Å². The Kier molecular flexibility index (Phi) is 4.57. The Morgan fingerprint density at radius 3 is 2.70 bits per heavy atom. The summed E-state index contributed by atoms with van der Waals surface area (Å²) >= 11 is 5.97. The van der Waals surface area contributed by atoms with Crippen molar-refractivity contribution in [2.24, 2.45) is 0 Å². The van der Waals surface area contributed by atoms with Crippen molar-refractivity contribution in [1.82, 2.24) is 16.0 Å². The fourth-order valence-corrected chi connectivity index (χ4v) is 2.06. The van der Waals surface area contributed by atoms with Gasteiger partial charge in [0.25, 0.3) is 5.91 Å². The van der Waals surface area contributed by atoms with E-state index in [0.717, 1.165) is 5.56 Å². The van der Waals surface area contributed by atoms with Crippen LogP contribution in [0.4, 0.5) is 4.79 Å². The first-order valence-corrected chi connectivity index (χ1v) is 6.55. The quantitative estimate of drug-likeness (QED) is 0.707. The molecule has 2 rings (SSSR count). The van der Waals surface area contributed by atoms with Crippen LogP contribution in [0.25, 0.3) is 0 Å². The molecule has 0 unspecified atom stereocenters. The maximum atomic E-state index is 11.7. The molecule has 3 N–H and O–H groups in total. The van der Waals surface area contributed by atoms with Crippen molar-refractivity contribution in [2.45, 2.75) is 25.4 Å². The molecule has 106 valence electrons. The molecule has 0 saturated carbocycles. The van der Waals surface area contributed by atoms with E-state index in [0.29, 0.717) is 11.6 Å². The number of rotatable bonds is 5. The van der Waals surface area contributed by atoms with Crippen LogP contribution in [-0.2, 0) is 16.1 Å². The van der Waals surface area contributed by atoms with Gasteiger partial charge in [0, 0.05) is 18.0 Å². The van der Waals surface area contributed by atoms with Gasteiger partial charge in [0.2, 0.25) is 5.91 Å². The lowest BCUT2D eigenvalue weighted by molar-refractivity contribution is -0.122. The number of hydrogen-bond acceptors (Lipinski definition) is 3. The number of carbonyl (C=O) groups is 3. The Bertz CT molecular complexity index is 547. The monoisotopic (exact) mass is 295 g/mol. The molecule has 1 heterocycles. The Hall–Kier alpha value is -2.08. The van der Waals surface area contributed by atoms with Gasteiger partial charge in [-0.3, -0.25) is 14.9 Å². The van der Waals surface area contributed by atoms with Crippen LogP contribution in [-0.4, -0.2) is 23.9 Å². The lowest BCUT2D eigenvalue weighted by atomic mass is 10.1. The van der Waals surface area contributed by atoms with Crippen LogP contribution in [0.5, 0.6) is 0 Å². The summed E-state index contributed by atoms with van der Waals surface area (Å²) in [4.78, 5) is 33.9. The third-order valence-electron chi connectivity index (χ3n) is 2.95. The molecule has 0 radical (unpaired) electrons. The topological polar surface area (TPSA) is 87.3 Å². The zero-order valence-corrected chi connectivity index (χ0v) is 11.4. The smallest absolute Gasteiger partial charge is 0.322 e. The Labute approximate surface area is 120 Å². The van der Waals surface area contributed by atoms with Gasteiger partial charge in [-0.2, -0.15) is 0 Å². The number of hydrogen-bond donors (Lipinski definition) is 3. The molecule has 0 aliphatic carbocycles. The standard InChI is InChI=1S/C13H14ClN3O3/c14-9-4-2-1-3-8(9)7-15-11(18)6-5-10-12(19)17-13(20)16-10/h1-4,10H,5-7H2,(H,15,18)(H2,16,17,19,20)/t10-/m0/s1. The first-order valence-electron chi connectivity index (χ1n) is 6.17. The molecule has 20 heavy (non-hydrogen) atoms. The van der Waals surface area contributed by atoms with Gasteiger partial charge in [0.05, 0.1) is 0 Å². The Morgan fingerprint density at radius 1 is 1.30 bits per heavy atom. The molecule has 7 heteroatoms. The van der Waals surface area contributed by atoms with E-state index in [4.69, 9.17) is 11.6 Å². The number of benzene rings is 1. The Balaban J connectivity index is 1.75. The number of amides is 4. The van der Waals surface area contributed by atoms with Crippen molar-refractivity contribution < 1.29 is 14.4 Å². The summed E-state index contributed by atoms with van der Waals surface area (Å²) in [6.07, 6.45) is 0.425. The van der Waals surface area contributed by atoms with Crippen molar-refractivity contribution >= 4 is 29.4 Å². The summed E-state index contributed by atoms with van der Waals surface area (Å²) in [6, 6.07) is 6.08. The van der Waals surface area contributed by atoms with Crippen molar-refractivity contribution in [1.29, 1.82) is 0 Å². The largest absolute Gasteiger partial charge is 0.352 e. The van der Waals surface area contributed by atoms with E-state index in [2.05, 4.69) is 16.0 Å². The molecule has 0 aromatic heterocycles. The number of imide groups is 1. The van der Waals surface area contributed by atoms with Crippen LogP contribution in [0.15, 0.2) is 24.3 Å². The van der Waals surface area contributed by atoms with E-state index < -0.39 is 18.0 Å².